The van der Waals surface area contributed by atoms with Crippen molar-refractivity contribution in [3.63, 3.8) is 0 Å². The molecule has 0 saturated carbocycles. The second kappa shape index (κ2) is 13.4. The third-order valence-corrected chi connectivity index (χ3v) is 5.68. The Morgan fingerprint density at radius 1 is 0.750 bits per heavy atom. The minimum atomic E-state index is 0.486. The highest BCUT2D eigenvalue weighted by Gasteiger charge is 2.20. The van der Waals surface area contributed by atoms with E-state index in [1.165, 1.54) is 43.9 Å². The van der Waals surface area contributed by atoms with E-state index in [2.05, 4.69) is 98.0 Å². The van der Waals surface area contributed by atoms with Crippen LogP contribution in [0.1, 0.15) is 45.1 Å². The number of hydrogen-bond donors (Lipinski definition) is 1. The molecule has 2 nitrogen and oxygen atoms in total. The van der Waals surface area contributed by atoms with Crippen LogP contribution in [-0.2, 0) is 0 Å². The van der Waals surface area contributed by atoms with Crippen molar-refractivity contribution in [2.45, 2.75) is 52.2 Å². The van der Waals surface area contributed by atoms with Crippen molar-refractivity contribution in [3.05, 3.63) is 108 Å². The second-order valence-corrected chi connectivity index (χ2v) is 8.27. The minimum Gasteiger partial charge on any atom is -0.367 e. The quantitative estimate of drug-likeness (QED) is 0.230. The zero-order chi connectivity index (χ0) is 22.4. The Balaban J connectivity index is 2.06. The topological polar surface area (TPSA) is 24.4 Å². The highest BCUT2D eigenvalue weighted by atomic mass is 14.9. The van der Waals surface area contributed by atoms with E-state index < -0.39 is 0 Å². The Morgan fingerprint density at radius 2 is 1.28 bits per heavy atom. The van der Waals surface area contributed by atoms with Gasteiger partial charge in [0, 0.05) is 11.3 Å². The van der Waals surface area contributed by atoms with Crippen molar-refractivity contribution in [3.8, 4) is 0 Å². The van der Waals surface area contributed by atoms with Crippen LogP contribution < -0.4 is 5.32 Å². The van der Waals surface area contributed by atoms with E-state index in [1.54, 1.807) is 0 Å². The highest BCUT2D eigenvalue weighted by molar-refractivity contribution is 6.67. The van der Waals surface area contributed by atoms with Crippen molar-refractivity contribution in [1.82, 2.24) is 0 Å². The van der Waals surface area contributed by atoms with Crippen LogP contribution in [0, 0.1) is 0 Å². The maximum absolute atomic E-state index is 5.05. The molecule has 0 amide bonds. The maximum atomic E-state index is 5.05. The first-order valence-electron chi connectivity index (χ1n) is 12.0. The van der Waals surface area contributed by atoms with E-state index in [0.717, 1.165) is 22.6 Å². The zero-order valence-electron chi connectivity index (χ0n) is 19.5. The van der Waals surface area contributed by atoms with Gasteiger partial charge >= 0.3 is 0 Å². The Labute approximate surface area is 194 Å². The van der Waals surface area contributed by atoms with Gasteiger partial charge < -0.3 is 5.32 Å². The summed E-state index contributed by atoms with van der Waals surface area (Å²) in [5.41, 5.74) is 5.49. The lowest BCUT2D eigenvalue weighted by molar-refractivity contribution is 0.843. The van der Waals surface area contributed by atoms with Crippen molar-refractivity contribution >= 4 is 23.8 Å². The molecule has 0 radical (unpaired) electrons. The first-order chi connectivity index (χ1) is 15.8. The fourth-order valence-corrected chi connectivity index (χ4v) is 3.88. The van der Waals surface area contributed by atoms with Crippen LogP contribution in [0.25, 0.3) is 0 Å². The van der Waals surface area contributed by atoms with E-state index in [1.807, 2.05) is 18.2 Å². The highest BCUT2D eigenvalue weighted by Crippen LogP contribution is 2.22. The molecule has 0 aromatic heterocycles. The molecular formula is C29H35BN2. The van der Waals surface area contributed by atoms with E-state index in [4.69, 9.17) is 4.99 Å². The van der Waals surface area contributed by atoms with Gasteiger partial charge in [0.25, 0.3) is 0 Å². The molecular weight excluding hydrogens is 387 g/mol. The number of benzene rings is 3. The van der Waals surface area contributed by atoms with Crippen LogP contribution in [0.5, 0.6) is 0 Å². The number of para-hydroxylation sites is 2. The number of nitrogens with one attached hydrogen (secondary N) is 1. The van der Waals surface area contributed by atoms with E-state index in [-0.39, 0.29) is 0 Å². The molecule has 1 N–H and O–H groups in total. The first kappa shape index (κ1) is 23.6. The molecule has 32 heavy (non-hydrogen) atoms. The van der Waals surface area contributed by atoms with Gasteiger partial charge in [-0.15, -0.1) is 0 Å². The zero-order valence-corrected chi connectivity index (χ0v) is 19.5. The number of hydrogen-bond acceptors (Lipinski definition) is 2. The van der Waals surface area contributed by atoms with Crippen molar-refractivity contribution in [2.75, 3.05) is 5.32 Å². The van der Waals surface area contributed by atoms with Crippen LogP contribution in [0.3, 0.4) is 0 Å². The molecule has 0 bridgehead atoms. The predicted octanol–water partition coefficient (Wildman–Crippen LogP) is 8.44. The molecule has 3 rings (SSSR count). The van der Waals surface area contributed by atoms with E-state index >= 15 is 0 Å². The maximum Gasteiger partial charge on any atom is 0.197 e. The van der Waals surface area contributed by atoms with Gasteiger partial charge in [-0.3, -0.25) is 0 Å². The van der Waals surface area contributed by atoms with E-state index in [9.17, 15) is 0 Å². The van der Waals surface area contributed by atoms with Gasteiger partial charge in [0.2, 0.25) is 0 Å². The summed E-state index contributed by atoms with van der Waals surface area (Å²) in [7, 11) is 0. The molecule has 3 aromatic rings. The Kier molecular flexibility index (Phi) is 9.86. The lowest BCUT2D eigenvalue weighted by Crippen LogP contribution is -2.23. The summed E-state index contributed by atoms with van der Waals surface area (Å²) in [5.74, 6) is 0. The number of aliphatic imine (C=N–C) groups is 1. The molecule has 3 heteroatoms. The monoisotopic (exact) mass is 422 g/mol. The number of rotatable bonds is 12. The number of unbranched alkanes of at least 4 members (excludes halogenated alkanes) is 2. The standard InChI is InChI=1S/C29H35BN2/c1-3-5-22-30(23-6-4-2)29(32-27-20-14-9-15-21-27)24-28(25-16-10-7-11-17-25)31-26-18-12-8-13-19-26/h7-21,24,32H,3-6,22-23H2,1-2H3/b29-24+,31-28?. The summed E-state index contributed by atoms with van der Waals surface area (Å²) in [6.45, 7) is 5.04. The third-order valence-electron chi connectivity index (χ3n) is 5.68. The molecule has 0 aliphatic carbocycles. The molecule has 0 aliphatic heterocycles. The van der Waals surface area contributed by atoms with Gasteiger partial charge in [-0.1, -0.05) is 119 Å². The Morgan fingerprint density at radius 3 is 1.84 bits per heavy atom. The van der Waals surface area contributed by atoms with Crippen molar-refractivity contribution in [2.24, 2.45) is 4.99 Å². The molecule has 0 aliphatic rings. The summed E-state index contributed by atoms with van der Waals surface area (Å²) >= 11 is 0. The fourth-order valence-electron chi connectivity index (χ4n) is 3.88. The average Bonchev–Trinajstić information content (AvgIpc) is 2.85. The van der Waals surface area contributed by atoms with Crippen LogP contribution in [0.4, 0.5) is 11.4 Å². The molecule has 164 valence electrons. The van der Waals surface area contributed by atoms with Crippen LogP contribution >= 0.6 is 0 Å². The lowest BCUT2D eigenvalue weighted by Gasteiger charge is -2.20. The lowest BCUT2D eigenvalue weighted by atomic mass is 9.41. The van der Waals surface area contributed by atoms with E-state index in [0.29, 0.717) is 6.71 Å². The molecule has 0 fully saturated rings. The summed E-state index contributed by atoms with van der Waals surface area (Å²) in [4.78, 5) is 5.05. The first-order valence-corrected chi connectivity index (χ1v) is 12.0. The third kappa shape index (κ3) is 7.57. The normalized spacial score (nSPS) is 11.9. The number of allylic oxidation sites excluding steroid dienone is 1. The van der Waals surface area contributed by atoms with Crippen molar-refractivity contribution < 1.29 is 0 Å². The molecule has 0 saturated heterocycles. The SMILES string of the molecule is CCCCB(CCCC)/C(=C\C(=Nc1ccccc1)c1ccccc1)Nc1ccccc1. The van der Waals surface area contributed by atoms with Gasteiger partial charge in [-0.05, 0) is 35.9 Å². The van der Waals surface area contributed by atoms with Gasteiger partial charge in [0.05, 0.1) is 11.4 Å². The van der Waals surface area contributed by atoms with Gasteiger partial charge in [0.1, 0.15) is 0 Å². The largest absolute Gasteiger partial charge is 0.367 e. The summed E-state index contributed by atoms with van der Waals surface area (Å²) in [6.07, 6.45) is 9.56. The smallest absolute Gasteiger partial charge is 0.197 e. The van der Waals surface area contributed by atoms with Crippen LogP contribution in [0.2, 0.25) is 12.6 Å². The molecule has 0 atom stereocenters. The summed E-state index contributed by atoms with van der Waals surface area (Å²) < 4.78 is 0. The summed E-state index contributed by atoms with van der Waals surface area (Å²) in [5, 5.41) is 3.76. The van der Waals surface area contributed by atoms with Crippen molar-refractivity contribution in [1.29, 1.82) is 0 Å². The molecule has 0 unspecified atom stereocenters. The van der Waals surface area contributed by atoms with Gasteiger partial charge in [0.15, 0.2) is 6.71 Å². The molecule has 0 heterocycles. The Hall–Kier alpha value is -3.07. The average molecular weight is 422 g/mol. The number of nitrogens with zero attached hydrogens (tertiary/aromatic N) is 1. The van der Waals surface area contributed by atoms with Gasteiger partial charge in [-0.2, -0.15) is 0 Å². The second-order valence-electron chi connectivity index (χ2n) is 8.27. The number of anilines is 1. The predicted molar refractivity (Wildman–Crippen MR) is 142 cm³/mol. The molecule has 3 aromatic carbocycles. The van der Waals surface area contributed by atoms with Crippen LogP contribution in [-0.4, -0.2) is 12.4 Å². The van der Waals surface area contributed by atoms with Gasteiger partial charge in [-0.25, -0.2) is 4.99 Å². The fraction of sp³-hybridized carbons (Fsp3) is 0.276. The minimum absolute atomic E-state index is 0.486. The Bertz CT molecular complexity index is 958. The molecule has 0 spiro atoms. The summed E-state index contributed by atoms with van der Waals surface area (Å²) in [6, 6.07) is 31.3. The van der Waals surface area contributed by atoms with Crippen LogP contribution in [0.15, 0.2) is 108 Å².